The lowest BCUT2D eigenvalue weighted by Crippen LogP contribution is -2.07. The number of nitrogens with zero attached hydrogens (tertiary/aromatic N) is 1. The fourth-order valence-corrected chi connectivity index (χ4v) is 2.41. The van der Waals surface area contributed by atoms with Crippen LogP contribution in [0.2, 0.25) is 0 Å². The van der Waals surface area contributed by atoms with Crippen LogP contribution < -0.4 is 14.8 Å². The van der Waals surface area contributed by atoms with Crippen molar-refractivity contribution in [2.75, 3.05) is 26.1 Å². The van der Waals surface area contributed by atoms with Gasteiger partial charge in [0.05, 0.1) is 26.5 Å². The van der Waals surface area contributed by atoms with Crippen molar-refractivity contribution >= 4 is 22.6 Å². The van der Waals surface area contributed by atoms with Crippen LogP contribution in [0, 0.1) is 0 Å². The minimum absolute atomic E-state index is 0.543. The summed E-state index contributed by atoms with van der Waals surface area (Å²) in [6, 6.07) is 5.68. The molecule has 2 rings (SSSR count). The lowest BCUT2D eigenvalue weighted by atomic mass is 10.3. The Morgan fingerprint density at radius 1 is 1.35 bits per heavy atom. The molecule has 92 valence electrons. The van der Waals surface area contributed by atoms with Crippen molar-refractivity contribution in [2.45, 2.75) is 12.2 Å². The first-order valence-electron chi connectivity index (χ1n) is 5.43. The van der Waals surface area contributed by atoms with Crippen LogP contribution in [-0.4, -0.2) is 31.2 Å². The number of amidine groups is 1. The zero-order chi connectivity index (χ0) is 12.3. The van der Waals surface area contributed by atoms with Crippen LogP contribution >= 0.6 is 11.8 Å². The molecule has 1 aromatic carbocycles. The van der Waals surface area contributed by atoms with Crippen LogP contribution in [0.1, 0.15) is 6.92 Å². The summed E-state index contributed by atoms with van der Waals surface area (Å²) in [4.78, 5) is 4.41. The van der Waals surface area contributed by atoms with E-state index < -0.39 is 0 Å². The fraction of sp³-hybridized carbons (Fsp3) is 0.417. The van der Waals surface area contributed by atoms with E-state index in [0.29, 0.717) is 5.25 Å². The first-order valence-corrected chi connectivity index (χ1v) is 6.31. The Bertz CT molecular complexity index is 435. The van der Waals surface area contributed by atoms with Gasteiger partial charge in [0.15, 0.2) is 5.17 Å². The Balaban J connectivity index is 2.15. The molecule has 0 aromatic heterocycles. The summed E-state index contributed by atoms with van der Waals surface area (Å²) in [5.74, 6) is 1.54. The fourth-order valence-electron chi connectivity index (χ4n) is 1.56. The molecule has 0 saturated carbocycles. The lowest BCUT2D eigenvalue weighted by molar-refractivity contribution is 0.395. The zero-order valence-corrected chi connectivity index (χ0v) is 11.0. The van der Waals surface area contributed by atoms with Gasteiger partial charge in [-0.25, -0.2) is 0 Å². The second-order valence-corrected chi connectivity index (χ2v) is 5.19. The summed E-state index contributed by atoms with van der Waals surface area (Å²) in [7, 11) is 3.28. The molecule has 1 heterocycles. The first-order chi connectivity index (χ1) is 8.22. The monoisotopic (exact) mass is 252 g/mol. The predicted octanol–water partition coefficient (Wildman–Crippen LogP) is 2.61. The highest BCUT2D eigenvalue weighted by atomic mass is 32.2. The summed E-state index contributed by atoms with van der Waals surface area (Å²) in [5, 5.41) is 4.76. The Kier molecular flexibility index (Phi) is 3.78. The second kappa shape index (κ2) is 5.31. The maximum atomic E-state index is 5.32. The van der Waals surface area contributed by atoms with Gasteiger partial charge in [0.1, 0.15) is 11.5 Å². The molecule has 1 aromatic rings. The average molecular weight is 252 g/mol. The zero-order valence-electron chi connectivity index (χ0n) is 10.2. The van der Waals surface area contributed by atoms with E-state index in [4.69, 9.17) is 9.47 Å². The Labute approximate surface area is 105 Å². The number of rotatable bonds is 3. The van der Waals surface area contributed by atoms with E-state index in [1.807, 2.05) is 18.2 Å². The van der Waals surface area contributed by atoms with Gasteiger partial charge in [-0.2, -0.15) is 0 Å². The van der Waals surface area contributed by atoms with Crippen LogP contribution in [0.3, 0.4) is 0 Å². The van der Waals surface area contributed by atoms with Crippen LogP contribution in [-0.2, 0) is 0 Å². The molecule has 0 fully saturated rings. The maximum Gasteiger partial charge on any atom is 0.161 e. The van der Waals surface area contributed by atoms with Gasteiger partial charge in [-0.05, 0) is 12.1 Å². The summed E-state index contributed by atoms with van der Waals surface area (Å²) in [5.41, 5.74) is 0.911. The topological polar surface area (TPSA) is 42.8 Å². The van der Waals surface area contributed by atoms with Gasteiger partial charge in [0.2, 0.25) is 0 Å². The third kappa shape index (κ3) is 2.85. The van der Waals surface area contributed by atoms with Gasteiger partial charge < -0.3 is 14.8 Å². The van der Waals surface area contributed by atoms with E-state index in [1.54, 1.807) is 26.0 Å². The summed E-state index contributed by atoms with van der Waals surface area (Å²) in [6.45, 7) is 3.03. The third-order valence-corrected chi connectivity index (χ3v) is 3.46. The number of thioether (sulfide) groups is 1. The standard InChI is InChI=1S/C12H16N2O2S/c1-8-7-13-12(17-8)14-10-5-4-9(15-2)6-11(10)16-3/h4-6,8H,7H2,1-3H3,(H,13,14)/t8-/m0/s1. The number of ether oxygens (including phenoxy) is 2. The van der Waals surface area contributed by atoms with Gasteiger partial charge in [-0.15, -0.1) is 0 Å². The van der Waals surface area contributed by atoms with E-state index in [0.717, 1.165) is 28.9 Å². The number of aliphatic imine (C=N–C) groups is 1. The molecule has 4 nitrogen and oxygen atoms in total. The number of anilines is 1. The number of hydrogen-bond donors (Lipinski definition) is 1. The molecule has 17 heavy (non-hydrogen) atoms. The summed E-state index contributed by atoms with van der Waals surface area (Å²) < 4.78 is 10.5. The quantitative estimate of drug-likeness (QED) is 0.898. The SMILES string of the molecule is COc1ccc(NC2=NC[C@H](C)S2)c(OC)c1. The van der Waals surface area contributed by atoms with E-state index in [9.17, 15) is 0 Å². The lowest BCUT2D eigenvalue weighted by Gasteiger charge is -2.12. The van der Waals surface area contributed by atoms with Crippen molar-refractivity contribution in [1.82, 2.24) is 0 Å². The molecule has 0 saturated heterocycles. The molecule has 1 N–H and O–H groups in total. The van der Waals surface area contributed by atoms with E-state index in [2.05, 4.69) is 17.2 Å². The Morgan fingerprint density at radius 2 is 2.18 bits per heavy atom. The van der Waals surface area contributed by atoms with Crippen molar-refractivity contribution in [3.63, 3.8) is 0 Å². The highest BCUT2D eigenvalue weighted by molar-refractivity contribution is 8.15. The number of benzene rings is 1. The molecular weight excluding hydrogens is 236 g/mol. The van der Waals surface area contributed by atoms with Crippen LogP contribution in [0.25, 0.3) is 0 Å². The van der Waals surface area contributed by atoms with Crippen molar-refractivity contribution in [3.05, 3.63) is 18.2 Å². The van der Waals surface area contributed by atoms with Gasteiger partial charge in [0, 0.05) is 11.3 Å². The van der Waals surface area contributed by atoms with Crippen molar-refractivity contribution in [3.8, 4) is 11.5 Å². The molecule has 1 atom stereocenters. The van der Waals surface area contributed by atoms with Crippen LogP contribution in [0.4, 0.5) is 5.69 Å². The highest BCUT2D eigenvalue weighted by Gasteiger charge is 2.16. The first kappa shape index (κ1) is 12.1. The molecular formula is C12H16N2O2S. The molecule has 5 heteroatoms. The molecule has 0 amide bonds. The van der Waals surface area contributed by atoms with Gasteiger partial charge >= 0.3 is 0 Å². The van der Waals surface area contributed by atoms with Crippen molar-refractivity contribution in [2.24, 2.45) is 4.99 Å². The molecule has 0 radical (unpaired) electrons. The number of methoxy groups -OCH3 is 2. The highest BCUT2D eigenvalue weighted by Crippen LogP contribution is 2.31. The third-order valence-electron chi connectivity index (χ3n) is 2.46. The smallest absolute Gasteiger partial charge is 0.161 e. The Morgan fingerprint density at radius 3 is 2.76 bits per heavy atom. The van der Waals surface area contributed by atoms with Crippen LogP contribution in [0.5, 0.6) is 11.5 Å². The molecule has 0 spiro atoms. The molecule has 1 aliphatic rings. The molecule has 0 bridgehead atoms. The predicted molar refractivity (Wildman–Crippen MR) is 72.5 cm³/mol. The minimum Gasteiger partial charge on any atom is -0.497 e. The molecule has 1 aliphatic heterocycles. The van der Waals surface area contributed by atoms with Gasteiger partial charge in [-0.1, -0.05) is 18.7 Å². The van der Waals surface area contributed by atoms with E-state index in [1.165, 1.54) is 0 Å². The summed E-state index contributed by atoms with van der Waals surface area (Å²) in [6.07, 6.45) is 0. The van der Waals surface area contributed by atoms with Gasteiger partial charge in [0.25, 0.3) is 0 Å². The van der Waals surface area contributed by atoms with Crippen LogP contribution in [0.15, 0.2) is 23.2 Å². The molecule has 0 aliphatic carbocycles. The van der Waals surface area contributed by atoms with E-state index >= 15 is 0 Å². The van der Waals surface area contributed by atoms with E-state index in [-0.39, 0.29) is 0 Å². The minimum atomic E-state index is 0.543. The second-order valence-electron chi connectivity index (χ2n) is 3.77. The van der Waals surface area contributed by atoms with Gasteiger partial charge in [-0.3, -0.25) is 4.99 Å². The number of hydrogen-bond acceptors (Lipinski definition) is 5. The Hall–Kier alpha value is -1.36. The van der Waals surface area contributed by atoms with Crippen molar-refractivity contribution in [1.29, 1.82) is 0 Å². The maximum absolute atomic E-state index is 5.32. The average Bonchev–Trinajstić information content (AvgIpc) is 2.75. The largest absolute Gasteiger partial charge is 0.497 e. The normalized spacial score (nSPS) is 18.8. The summed E-state index contributed by atoms with van der Waals surface area (Å²) >= 11 is 1.74. The number of nitrogens with one attached hydrogen (secondary N) is 1. The van der Waals surface area contributed by atoms with Crippen molar-refractivity contribution < 1.29 is 9.47 Å². The molecule has 0 unspecified atom stereocenters.